The maximum Gasteiger partial charge on any atom is 0.334 e. The van der Waals surface area contributed by atoms with Crippen LogP contribution in [-0.2, 0) is 57.8 Å². The summed E-state index contributed by atoms with van der Waals surface area (Å²) in [6, 6.07) is 4.18. The predicted molar refractivity (Wildman–Crippen MR) is 346 cm³/mol. The van der Waals surface area contributed by atoms with Gasteiger partial charge in [0.2, 0.25) is 0 Å². The molecule has 0 N–H and O–H groups in total. The summed E-state index contributed by atoms with van der Waals surface area (Å²) in [5, 5.41) is 0. The number of hydrogen-bond donors (Lipinski definition) is 0. The zero-order chi connectivity index (χ0) is 61.6. The van der Waals surface area contributed by atoms with E-state index in [1.807, 2.05) is 13.8 Å². The Morgan fingerprint density at radius 2 is 0.768 bits per heavy atom. The second-order valence-electron chi connectivity index (χ2n) is 30.4. The molecule has 482 valence electrons. The van der Waals surface area contributed by atoms with Gasteiger partial charge in [-0.15, -0.1) is 0 Å². The van der Waals surface area contributed by atoms with Crippen molar-refractivity contribution in [3.05, 3.63) is 0 Å². The fourth-order valence-corrected chi connectivity index (χ4v) is 42.6. The summed E-state index contributed by atoms with van der Waals surface area (Å²) in [7, 11) is -12.8. The van der Waals surface area contributed by atoms with Crippen LogP contribution in [0.4, 0.5) is 0 Å². The van der Waals surface area contributed by atoms with Gasteiger partial charge in [-0.2, -0.15) is 0 Å². The lowest BCUT2D eigenvalue weighted by atomic mass is 9.64. The Morgan fingerprint density at radius 3 is 1.22 bits per heavy atom. The molecule has 0 spiro atoms. The molecule has 0 bridgehead atoms. The van der Waals surface area contributed by atoms with Gasteiger partial charge in [0, 0.05) is 49.4 Å². The molecule has 20 atom stereocenters. The number of rotatable bonds is 8. The van der Waals surface area contributed by atoms with Gasteiger partial charge in [0.1, 0.15) is 6.79 Å². The fourth-order valence-electron chi connectivity index (χ4n) is 15.9. The van der Waals surface area contributed by atoms with Gasteiger partial charge < -0.3 is 57.8 Å². The first-order chi connectivity index (χ1) is 38.0. The maximum absolute atomic E-state index is 7.18. The maximum atomic E-state index is 7.18. The van der Waals surface area contributed by atoms with Crippen LogP contribution >= 0.6 is 0 Å². The molecule has 10 rings (SSSR count). The highest BCUT2D eigenvalue weighted by atomic mass is 28.5. The van der Waals surface area contributed by atoms with E-state index in [1.165, 1.54) is 0 Å². The Bertz CT molecular complexity index is 1960. The van der Waals surface area contributed by atoms with Gasteiger partial charge in [-0.1, -0.05) is 152 Å². The van der Waals surface area contributed by atoms with E-state index in [2.05, 4.69) is 179 Å². The summed E-state index contributed by atoms with van der Waals surface area (Å²) in [4.78, 5) is 0. The summed E-state index contributed by atoms with van der Waals surface area (Å²) in [5.74, 6) is 9.73. The smallest absolute Gasteiger partial charge is 0.334 e. The van der Waals surface area contributed by atoms with E-state index in [0.717, 1.165) is 86.8 Å². The second-order valence-corrected chi connectivity index (χ2v) is 54.0. The Labute approximate surface area is 510 Å². The van der Waals surface area contributed by atoms with E-state index < -0.39 is 51.4 Å². The molecular formula is C63H128O13Si6. The molecule has 19 heteroatoms. The minimum Gasteiger partial charge on any atom is -0.415 e. The van der Waals surface area contributed by atoms with E-state index in [9.17, 15) is 0 Å². The van der Waals surface area contributed by atoms with Crippen LogP contribution in [-0.4, -0.2) is 127 Å². The highest BCUT2D eigenvalue weighted by Crippen LogP contribution is 2.54. The minimum absolute atomic E-state index is 0.322. The number of fused-ring (bicyclic) bond motifs is 5. The van der Waals surface area contributed by atoms with E-state index >= 15 is 0 Å². The van der Waals surface area contributed by atoms with Crippen molar-refractivity contribution in [1.82, 2.24) is 0 Å². The molecule has 82 heavy (non-hydrogen) atoms. The van der Waals surface area contributed by atoms with Crippen LogP contribution in [0, 0.1) is 88.8 Å². The third kappa shape index (κ3) is 14.9. The third-order valence-electron chi connectivity index (χ3n) is 23.2. The Morgan fingerprint density at radius 1 is 0.378 bits per heavy atom. The molecule has 0 aromatic heterocycles. The average molecular weight is 1260 g/mol. The molecule has 5 heterocycles. The molecule has 10 aliphatic rings. The molecule has 20 unspecified atom stereocenters. The highest BCUT2D eigenvalue weighted by molar-refractivity contribution is 6.84. The van der Waals surface area contributed by atoms with Gasteiger partial charge in [0.15, 0.2) is 5.79 Å². The quantitative estimate of drug-likeness (QED) is 0.215. The van der Waals surface area contributed by atoms with Gasteiger partial charge in [-0.3, -0.25) is 0 Å². The molecule has 10 fully saturated rings. The van der Waals surface area contributed by atoms with Gasteiger partial charge in [-0.25, -0.2) is 0 Å². The standard InChI is InChI=1S/C19H40O3Si2.C15H32O3Si2.C11H24O3Si2.C10H18O2.C8H14O2/c1-12(2)23(13(3)4)20-11-18-16(9)17(10)19(18)21-24(22-23,14(5)6)15(7)8;1-7-19(8-2)16-11-14-12(5)13(6)15(14)17-20(9-3,10-4)18-19;1-8-9(2)11-10(8)7-12-15(3,4)14-16(5,6)13-11;1-6-7(2)9-8(6)5-11-10(3,4)12-9;1-5-6(2)8-7(5)3-9-4-10-8/h12-19H,11H2,1-10H3;12-15H,7-11H2,1-6H3;8-11H,7H2,1-6H3;6-9H,5H2,1-4H3;5-8H,3-4H2,1-2H3. The van der Waals surface area contributed by atoms with Crippen molar-refractivity contribution in [3.63, 3.8) is 0 Å². The van der Waals surface area contributed by atoms with Crippen LogP contribution in [0.5, 0.6) is 0 Å². The van der Waals surface area contributed by atoms with Crippen LogP contribution in [0.2, 0.25) is 72.5 Å². The molecule has 5 saturated carbocycles. The first-order valence-electron chi connectivity index (χ1n) is 33.6. The molecular weight excluding hydrogens is 1130 g/mol. The van der Waals surface area contributed by atoms with Crippen molar-refractivity contribution in [1.29, 1.82) is 0 Å². The summed E-state index contributed by atoms with van der Waals surface area (Å²) in [6.07, 6.45) is 2.01. The molecule has 5 aliphatic carbocycles. The third-order valence-corrected chi connectivity index (χ3v) is 47.8. The summed E-state index contributed by atoms with van der Waals surface area (Å²) in [5.41, 5.74) is 1.75. The lowest BCUT2D eigenvalue weighted by Crippen LogP contribution is -2.68. The van der Waals surface area contributed by atoms with Gasteiger partial charge >= 0.3 is 51.4 Å². The molecule has 0 aromatic rings. The van der Waals surface area contributed by atoms with Gasteiger partial charge in [0.25, 0.3) is 0 Å². The largest absolute Gasteiger partial charge is 0.415 e. The molecule has 5 saturated heterocycles. The average Bonchev–Trinajstić information content (AvgIpc) is 2.06. The SMILES string of the molecule is CC1C(C)C2OC(C)(C)OCC12.CC1C(C)C2OCOCC12.CC1C(C)C2O[Si](C(C)C)(C(C)C)O[Si](C(C)C)(C(C)C)OCC12.CC1C(C)C2O[Si](C)(C)O[Si](C)(C)OCC12.CC[Si]1(CC)OCC2C(C)C(C)C2O[Si](CC)(CC)O1. The van der Waals surface area contributed by atoms with E-state index in [-0.39, 0.29) is 5.79 Å². The normalized spacial score (nSPS) is 43.0. The second kappa shape index (κ2) is 28.1. The Hall–Kier alpha value is 0.781. The highest BCUT2D eigenvalue weighted by Gasteiger charge is 2.63. The molecule has 5 aliphatic heterocycles. The zero-order valence-corrected chi connectivity index (χ0v) is 63.7. The zero-order valence-electron chi connectivity index (χ0n) is 57.7. The summed E-state index contributed by atoms with van der Waals surface area (Å²) >= 11 is 0. The monoisotopic (exact) mass is 1260 g/mol. The van der Waals surface area contributed by atoms with Crippen molar-refractivity contribution in [2.45, 2.75) is 275 Å². The molecule has 0 amide bonds. The van der Waals surface area contributed by atoms with Crippen molar-refractivity contribution in [3.8, 4) is 0 Å². The number of hydrogen-bond acceptors (Lipinski definition) is 13. The van der Waals surface area contributed by atoms with Crippen molar-refractivity contribution >= 4 is 51.4 Å². The molecule has 0 aromatic carbocycles. The van der Waals surface area contributed by atoms with Crippen LogP contribution < -0.4 is 0 Å². The van der Waals surface area contributed by atoms with E-state index in [1.54, 1.807) is 0 Å². The van der Waals surface area contributed by atoms with Crippen LogP contribution in [0.25, 0.3) is 0 Å². The van der Waals surface area contributed by atoms with Crippen LogP contribution in [0.1, 0.15) is 166 Å². The molecule has 13 nitrogen and oxygen atoms in total. The van der Waals surface area contributed by atoms with Crippen LogP contribution in [0.15, 0.2) is 0 Å². The number of ether oxygens (including phenoxy) is 4. The van der Waals surface area contributed by atoms with Crippen molar-refractivity contribution < 1.29 is 57.8 Å². The first kappa shape index (κ1) is 71.9. The Kier molecular flexibility index (Phi) is 24.6. The fraction of sp³-hybridized carbons (Fsp3) is 1.00. The molecule has 0 radical (unpaired) electrons. The Balaban J connectivity index is 0.000000170. The topological polar surface area (TPSA) is 120 Å². The van der Waals surface area contributed by atoms with Gasteiger partial charge in [-0.05, 0) is 146 Å². The lowest BCUT2D eigenvalue weighted by Gasteiger charge is -2.58. The van der Waals surface area contributed by atoms with Crippen molar-refractivity contribution in [2.24, 2.45) is 88.8 Å². The lowest BCUT2D eigenvalue weighted by molar-refractivity contribution is -0.342. The van der Waals surface area contributed by atoms with Crippen molar-refractivity contribution in [2.75, 3.05) is 39.8 Å². The van der Waals surface area contributed by atoms with Gasteiger partial charge in [0.05, 0.1) is 43.7 Å². The minimum atomic E-state index is -2.37. The van der Waals surface area contributed by atoms with E-state index in [4.69, 9.17) is 57.8 Å². The predicted octanol–water partition coefficient (Wildman–Crippen LogP) is 16.2. The van der Waals surface area contributed by atoms with E-state index in [0.29, 0.717) is 119 Å². The summed E-state index contributed by atoms with van der Waals surface area (Å²) < 4.78 is 81.3. The summed E-state index contributed by atoms with van der Waals surface area (Å²) in [6.45, 7) is 67.7. The van der Waals surface area contributed by atoms with Crippen LogP contribution in [0.3, 0.4) is 0 Å². The first-order valence-corrected chi connectivity index (χ1v) is 47.6.